The van der Waals surface area contributed by atoms with Gasteiger partial charge in [-0.25, -0.2) is 0 Å². The molecule has 4 N–H and O–H groups in total. The molecule has 1 fully saturated rings. The van der Waals surface area contributed by atoms with Gasteiger partial charge < -0.3 is 5.73 Å². The van der Waals surface area contributed by atoms with E-state index in [1.807, 2.05) is 0 Å². The molecule has 21 heavy (non-hydrogen) atoms. The highest BCUT2D eigenvalue weighted by Gasteiger charge is 2.22. The molecule has 0 amide bonds. The van der Waals surface area contributed by atoms with Gasteiger partial charge in [-0.15, -0.1) is 0 Å². The highest BCUT2D eigenvalue weighted by molar-refractivity contribution is 7.87. The summed E-state index contributed by atoms with van der Waals surface area (Å²) < 4.78 is 28.7. The van der Waals surface area contributed by atoms with Crippen LogP contribution in [-0.4, -0.2) is 31.6 Å². The zero-order valence-electron chi connectivity index (χ0n) is 12.0. The predicted octanol–water partition coefficient (Wildman–Crippen LogP) is 1.18. The molecule has 1 aromatic rings. The molecule has 1 aliphatic rings. The van der Waals surface area contributed by atoms with Gasteiger partial charge in [-0.2, -0.15) is 17.4 Å². The van der Waals surface area contributed by atoms with Crippen LogP contribution in [0.25, 0.3) is 0 Å². The normalized spacial score (nSPS) is 17.3. The number of amidine groups is 1. The Bertz CT molecular complexity index is 575. The minimum absolute atomic E-state index is 0.00620. The van der Waals surface area contributed by atoms with Crippen molar-refractivity contribution in [3.8, 4) is 0 Å². The van der Waals surface area contributed by atoms with E-state index in [1.54, 1.807) is 24.3 Å². The number of nitrogens with one attached hydrogen (secondary N) is 2. The zero-order chi connectivity index (χ0) is 15.3. The molecule has 0 atom stereocenters. The van der Waals surface area contributed by atoms with Crippen molar-refractivity contribution in [2.75, 3.05) is 13.1 Å². The van der Waals surface area contributed by atoms with E-state index in [1.165, 1.54) is 4.31 Å². The molecule has 6 nitrogen and oxygen atoms in total. The molecular formula is C14H22N4O2S. The smallest absolute Gasteiger partial charge is 0.279 e. The van der Waals surface area contributed by atoms with Gasteiger partial charge in [0.1, 0.15) is 5.84 Å². The Morgan fingerprint density at radius 2 is 1.71 bits per heavy atom. The lowest BCUT2D eigenvalue weighted by atomic mass is 10.1. The number of nitrogens with zero attached hydrogens (tertiary/aromatic N) is 1. The standard InChI is InChI=1S/C14H22N4O2S/c15-14(16)13-7-5-12(6-8-13)11-17-21(19,20)18-9-3-1-2-4-10-18/h5-8,17H,1-4,9-11H2,(H3,15,16). The fourth-order valence-corrected chi connectivity index (χ4v) is 3.62. The average molecular weight is 310 g/mol. The molecule has 1 saturated heterocycles. The second-order valence-electron chi connectivity index (χ2n) is 5.25. The van der Waals surface area contributed by atoms with E-state index in [0.717, 1.165) is 31.2 Å². The Balaban J connectivity index is 1.95. The maximum atomic E-state index is 12.2. The molecule has 1 aliphatic heterocycles. The van der Waals surface area contributed by atoms with E-state index in [4.69, 9.17) is 11.1 Å². The van der Waals surface area contributed by atoms with Crippen LogP contribution in [-0.2, 0) is 16.8 Å². The summed E-state index contributed by atoms with van der Waals surface area (Å²) in [6, 6.07) is 7.00. The van der Waals surface area contributed by atoms with Gasteiger partial charge in [0.2, 0.25) is 0 Å². The van der Waals surface area contributed by atoms with Gasteiger partial charge in [-0.05, 0) is 18.4 Å². The van der Waals surface area contributed by atoms with Gasteiger partial charge in [0.05, 0.1) is 0 Å². The molecule has 0 bridgehead atoms. The van der Waals surface area contributed by atoms with Crippen LogP contribution in [0.5, 0.6) is 0 Å². The van der Waals surface area contributed by atoms with Crippen molar-refractivity contribution < 1.29 is 8.42 Å². The van der Waals surface area contributed by atoms with Crippen LogP contribution >= 0.6 is 0 Å². The summed E-state index contributed by atoms with van der Waals surface area (Å²) in [5.74, 6) is 0.00620. The summed E-state index contributed by atoms with van der Waals surface area (Å²) in [4.78, 5) is 0. The first-order valence-electron chi connectivity index (χ1n) is 7.17. The molecule has 0 aromatic heterocycles. The summed E-state index contributed by atoms with van der Waals surface area (Å²) >= 11 is 0. The molecule has 0 saturated carbocycles. The third kappa shape index (κ3) is 4.52. The summed E-state index contributed by atoms with van der Waals surface area (Å²) in [5.41, 5.74) is 6.86. The molecule has 0 radical (unpaired) electrons. The molecular weight excluding hydrogens is 288 g/mol. The number of hydrogen-bond acceptors (Lipinski definition) is 3. The fraction of sp³-hybridized carbons (Fsp3) is 0.500. The first kappa shape index (κ1) is 15.9. The topological polar surface area (TPSA) is 99.3 Å². The molecule has 2 rings (SSSR count). The number of rotatable bonds is 5. The SMILES string of the molecule is N=C(N)c1ccc(CNS(=O)(=O)N2CCCCCC2)cc1. The highest BCUT2D eigenvalue weighted by Crippen LogP contribution is 2.13. The zero-order valence-corrected chi connectivity index (χ0v) is 12.8. The Morgan fingerprint density at radius 3 is 2.24 bits per heavy atom. The summed E-state index contributed by atoms with van der Waals surface area (Å²) in [5, 5.41) is 7.32. The minimum atomic E-state index is -3.41. The number of nitrogen functional groups attached to an aromatic ring is 1. The van der Waals surface area contributed by atoms with E-state index >= 15 is 0 Å². The summed E-state index contributed by atoms with van der Waals surface area (Å²) in [6.07, 6.45) is 4.04. The molecule has 1 aromatic carbocycles. The lowest BCUT2D eigenvalue weighted by molar-refractivity contribution is 0.414. The van der Waals surface area contributed by atoms with Crippen molar-refractivity contribution in [2.24, 2.45) is 5.73 Å². The van der Waals surface area contributed by atoms with E-state index < -0.39 is 10.2 Å². The quantitative estimate of drug-likeness (QED) is 0.562. The van der Waals surface area contributed by atoms with Crippen LogP contribution < -0.4 is 10.5 Å². The summed E-state index contributed by atoms with van der Waals surface area (Å²) in [6.45, 7) is 1.44. The lowest BCUT2D eigenvalue weighted by Crippen LogP contribution is -2.40. The Labute approximate surface area is 126 Å². The van der Waals surface area contributed by atoms with E-state index in [0.29, 0.717) is 18.7 Å². The molecule has 0 spiro atoms. The van der Waals surface area contributed by atoms with Crippen LogP contribution in [0.3, 0.4) is 0 Å². The fourth-order valence-electron chi connectivity index (χ4n) is 2.35. The van der Waals surface area contributed by atoms with Gasteiger partial charge in [0, 0.05) is 25.2 Å². The summed E-state index contributed by atoms with van der Waals surface area (Å²) in [7, 11) is -3.41. The molecule has 1 heterocycles. The monoisotopic (exact) mass is 310 g/mol. The van der Waals surface area contributed by atoms with Gasteiger partial charge >= 0.3 is 0 Å². The van der Waals surface area contributed by atoms with Gasteiger partial charge in [0.15, 0.2) is 0 Å². The van der Waals surface area contributed by atoms with E-state index in [2.05, 4.69) is 4.72 Å². The third-order valence-electron chi connectivity index (χ3n) is 3.63. The number of nitrogens with two attached hydrogens (primary N) is 1. The van der Waals surface area contributed by atoms with E-state index in [-0.39, 0.29) is 12.4 Å². The Kier molecular flexibility index (Phi) is 5.33. The molecule has 116 valence electrons. The van der Waals surface area contributed by atoms with Crippen LogP contribution in [0.4, 0.5) is 0 Å². The highest BCUT2D eigenvalue weighted by atomic mass is 32.2. The van der Waals surface area contributed by atoms with Gasteiger partial charge in [-0.1, -0.05) is 37.1 Å². The Morgan fingerprint density at radius 1 is 1.14 bits per heavy atom. The van der Waals surface area contributed by atoms with Crippen molar-refractivity contribution >= 4 is 16.0 Å². The predicted molar refractivity (Wildman–Crippen MR) is 83.3 cm³/mol. The minimum Gasteiger partial charge on any atom is -0.384 e. The average Bonchev–Trinajstić information content (AvgIpc) is 2.75. The van der Waals surface area contributed by atoms with Crippen molar-refractivity contribution in [1.82, 2.24) is 9.03 Å². The van der Waals surface area contributed by atoms with E-state index in [9.17, 15) is 8.42 Å². The van der Waals surface area contributed by atoms with Crippen molar-refractivity contribution in [3.63, 3.8) is 0 Å². The number of benzene rings is 1. The van der Waals surface area contributed by atoms with Crippen LogP contribution in [0.15, 0.2) is 24.3 Å². The second-order valence-corrected chi connectivity index (χ2v) is 7.01. The maximum Gasteiger partial charge on any atom is 0.279 e. The largest absolute Gasteiger partial charge is 0.384 e. The van der Waals surface area contributed by atoms with Crippen LogP contribution in [0.2, 0.25) is 0 Å². The lowest BCUT2D eigenvalue weighted by Gasteiger charge is -2.20. The molecule has 0 unspecified atom stereocenters. The third-order valence-corrected chi connectivity index (χ3v) is 5.18. The Hall–Kier alpha value is -1.44. The van der Waals surface area contributed by atoms with Crippen LogP contribution in [0, 0.1) is 5.41 Å². The van der Waals surface area contributed by atoms with Crippen molar-refractivity contribution in [2.45, 2.75) is 32.2 Å². The maximum absolute atomic E-state index is 12.2. The number of hydrogen-bond donors (Lipinski definition) is 3. The first-order chi connectivity index (χ1) is 9.99. The molecule has 0 aliphatic carbocycles. The second kappa shape index (κ2) is 7.02. The van der Waals surface area contributed by atoms with Crippen molar-refractivity contribution in [1.29, 1.82) is 5.41 Å². The van der Waals surface area contributed by atoms with Crippen LogP contribution in [0.1, 0.15) is 36.8 Å². The molecule has 7 heteroatoms. The van der Waals surface area contributed by atoms with Crippen molar-refractivity contribution in [3.05, 3.63) is 35.4 Å². The first-order valence-corrected chi connectivity index (χ1v) is 8.61. The van der Waals surface area contributed by atoms with Gasteiger partial charge in [0.25, 0.3) is 10.2 Å². The van der Waals surface area contributed by atoms with Gasteiger partial charge in [-0.3, -0.25) is 5.41 Å².